The van der Waals surface area contributed by atoms with Crippen molar-refractivity contribution >= 4 is 11.3 Å². The van der Waals surface area contributed by atoms with Crippen molar-refractivity contribution in [3.05, 3.63) is 113 Å². The highest BCUT2D eigenvalue weighted by atomic mass is 16.3. The Morgan fingerprint density at radius 1 is 0.860 bits per heavy atom. The van der Waals surface area contributed by atoms with Crippen LogP contribution in [0.4, 0.5) is 0 Å². The summed E-state index contributed by atoms with van der Waals surface area (Å²) in [5.41, 5.74) is 7.88. The number of hydrogen-bond donors (Lipinski definition) is 1. The van der Waals surface area contributed by atoms with Gasteiger partial charge >= 0.3 is 0 Å². The van der Waals surface area contributed by atoms with Gasteiger partial charge < -0.3 is 5.11 Å². The van der Waals surface area contributed by atoms with Crippen LogP contribution in [0.3, 0.4) is 0 Å². The number of aliphatic hydroxyl groups excluding tert-OH is 1. The zero-order valence-corrected chi connectivity index (χ0v) is 31.3. The summed E-state index contributed by atoms with van der Waals surface area (Å²) in [6.07, 6.45) is 9.84. The Morgan fingerprint density at radius 2 is 1.40 bits per heavy atom. The summed E-state index contributed by atoms with van der Waals surface area (Å²) < 4.78 is 0. The van der Waals surface area contributed by atoms with Crippen LogP contribution < -0.4 is 0 Å². The number of aliphatic hydroxyl groups is 1. The first-order chi connectivity index (χ1) is 23.9. The van der Waals surface area contributed by atoms with E-state index >= 15 is 0 Å². The van der Waals surface area contributed by atoms with E-state index in [2.05, 4.69) is 105 Å². The molecule has 4 rings (SSSR count). The maximum absolute atomic E-state index is 10.1. The van der Waals surface area contributed by atoms with Gasteiger partial charge in [0.15, 0.2) is 0 Å². The van der Waals surface area contributed by atoms with Crippen molar-refractivity contribution in [2.24, 2.45) is 11.8 Å². The van der Waals surface area contributed by atoms with Crippen molar-refractivity contribution in [3.8, 4) is 24.2 Å². The topological polar surface area (TPSA) is 68.6 Å². The van der Waals surface area contributed by atoms with Gasteiger partial charge in [-0.15, -0.1) is 18.9 Å². The minimum atomic E-state index is -0.0708. The zero-order valence-electron chi connectivity index (χ0n) is 31.3. The average molecular weight is 673 g/mol. The fraction of sp³-hybridized carbons (Fsp3) is 0.419. The van der Waals surface area contributed by atoms with Crippen LogP contribution in [0.15, 0.2) is 67.8 Å². The van der Waals surface area contributed by atoms with Crippen LogP contribution in [0.25, 0.3) is 11.3 Å². The van der Waals surface area contributed by atoms with Gasteiger partial charge in [0.2, 0.25) is 0 Å². The van der Waals surface area contributed by atoms with Crippen LogP contribution in [-0.4, -0.2) is 67.5 Å². The molecule has 1 aliphatic rings. The van der Waals surface area contributed by atoms with E-state index in [0.29, 0.717) is 25.3 Å². The maximum atomic E-state index is 10.1. The fourth-order valence-electron chi connectivity index (χ4n) is 5.22. The fourth-order valence-corrected chi connectivity index (χ4v) is 5.22. The Balaban J connectivity index is 0.00000103. The number of pyridine rings is 3. The lowest BCUT2D eigenvalue weighted by molar-refractivity contribution is 0.160. The van der Waals surface area contributed by atoms with E-state index in [1.54, 1.807) is 13.0 Å². The third-order valence-electron chi connectivity index (χ3n) is 8.92. The quantitative estimate of drug-likeness (QED) is 0.140. The minimum absolute atomic E-state index is 0.0708. The van der Waals surface area contributed by atoms with E-state index in [-0.39, 0.29) is 5.76 Å². The average Bonchev–Trinajstić information content (AvgIpc) is 3.08. The number of rotatable bonds is 9. The third-order valence-corrected chi connectivity index (χ3v) is 8.92. The molecule has 7 nitrogen and oxygen atoms in total. The number of aromatic nitrogens is 3. The van der Waals surface area contributed by atoms with Gasteiger partial charge in [-0.3, -0.25) is 24.7 Å². The molecule has 7 heteroatoms. The monoisotopic (exact) mass is 672 g/mol. The highest BCUT2D eigenvalue weighted by Gasteiger charge is 2.18. The van der Waals surface area contributed by atoms with Crippen molar-refractivity contribution in [2.45, 2.75) is 74.6 Å². The van der Waals surface area contributed by atoms with Gasteiger partial charge in [-0.1, -0.05) is 64.3 Å². The number of fused-ring (bicyclic) bond motifs is 2. The molecule has 3 aromatic rings. The molecule has 0 fully saturated rings. The first-order valence-electron chi connectivity index (χ1n) is 17.6. The second-order valence-electron chi connectivity index (χ2n) is 13.5. The predicted molar refractivity (Wildman–Crippen MR) is 209 cm³/mol. The Labute approximate surface area is 301 Å². The number of terminal acetylenes is 1. The summed E-state index contributed by atoms with van der Waals surface area (Å²) in [7, 11) is 0. The molecule has 0 spiro atoms. The molecule has 2 bridgehead atoms. The van der Waals surface area contributed by atoms with Gasteiger partial charge in [0.1, 0.15) is 11.5 Å². The molecule has 0 amide bonds. The number of hydrogen-bond acceptors (Lipinski definition) is 7. The van der Waals surface area contributed by atoms with Crippen LogP contribution in [0, 0.1) is 36.0 Å². The summed E-state index contributed by atoms with van der Waals surface area (Å²) in [5, 5.41) is 10.1. The Bertz CT molecular complexity index is 1720. The number of nitrogens with zero attached hydrogens (tertiary/aromatic N) is 6. The van der Waals surface area contributed by atoms with Crippen molar-refractivity contribution < 1.29 is 5.11 Å². The molecule has 0 aromatic carbocycles. The Hall–Kier alpha value is -4.53. The molecule has 264 valence electrons. The molecule has 0 atom stereocenters. The second kappa shape index (κ2) is 20.2. The summed E-state index contributed by atoms with van der Waals surface area (Å²) in [5.74, 6) is 10.5. The zero-order chi connectivity index (χ0) is 36.6. The van der Waals surface area contributed by atoms with Crippen molar-refractivity contribution in [2.75, 3.05) is 32.7 Å². The van der Waals surface area contributed by atoms with E-state index < -0.39 is 0 Å². The number of allylic oxidation sites excluding steroid dienone is 2. The minimum Gasteiger partial charge on any atom is -0.506 e. The lowest BCUT2D eigenvalue weighted by Crippen LogP contribution is -2.40. The molecule has 4 heterocycles. The van der Waals surface area contributed by atoms with Gasteiger partial charge in [-0.05, 0) is 74.6 Å². The van der Waals surface area contributed by atoms with Crippen LogP contribution in [-0.2, 0) is 26.2 Å². The smallest absolute Gasteiger partial charge is 0.134 e. The third kappa shape index (κ3) is 13.1. The standard InChI is InChI=1S/C37H42N6O.C6H14/c1-7-12-31-21-35(40-37(23-31)29(6)44)27-43-19-18-42(26-34-20-30(10-4)22-36(39-34)28(5)9-3)17-16-41(15-8-2)24-32-13-11-14-33(25-43)38-32;1-5(2)6(3)4/h4,8-9,11,13-14,20-23,44H,2,6,15-19,24-27H2,1,3,5H3;5-6H,1-4H3/b28-9-;. The summed E-state index contributed by atoms with van der Waals surface area (Å²) in [4.78, 5) is 21.8. The van der Waals surface area contributed by atoms with E-state index in [1.165, 1.54) is 0 Å². The van der Waals surface area contributed by atoms with Crippen molar-refractivity contribution in [3.63, 3.8) is 0 Å². The van der Waals surface area contributed by atoms with E-state index in [0.717, 1.165) is 96.3 Å². The predicted octanol–water partition coefficient (Wildman–Crippen LogP) is 7.98. The highest BCUT2D eigenvalue weighted by Crippen LogP contribution is 2.18. The second-order valence-corrected chi connectivity index (χ2v) is 13.5. The van der Waals surface area contributed by atoms with Crippen LogP contribution in [0.1, 0.15) is 93.8 Å². The molecule has 0 saturated carbocycles. The lowest BCUT2D eigenvalue weighted by atomic mass is 10.0. The van der Waals surface area contributed by atoms with Crippen LogP contribution in [0.5, 0.6) is 0 Å². The van der Waals surface area contributed by atoms with Gasteiger partial charge in [0.25, 0.3) is 0 Å². The first-order valence-corrected chi connectivity index (χ1v) is 17.6. The van der Waals surface area contributed by atoms with Crippen LogP contribution >= 0.6 is 0 Å². The summed E-state index contributed by atoms with van der Waals surface area (Å²) in [6.45, 7) is 29.2. The Morgan fingerprint density at radius 3 is 1.96 bits per heavy atom. The largest absolute Gasteiger partial charge is 0.506 e. The molecule has 0 aliphatic carbocycles. The van der Waals surface area contributed by atoms with E-state index in [4.69, 9.17) is 21.4 Å². The summed E-state index contributed by atoms with van der Waals surface area (Å²) >= 11 is 0. The molecule has 0 unspecified atom stereocenters. The van der Waals surface area contributed by atoms with E-state index in [1.807, 2.05) is 31.2 Å². The molecule has 3 aromatic heterocycles. The lowest BCUT2D eigenvalue weighted by Gasteiger charge is -2.31. The van der Waals surface area contributed by atoms with Crippen molar-refractivity contribution in [1.82, 2.24) is 29.7 Å². The SMILES string of the molecule is C#Cc1cc(CN2CCN(CC=C)Cc3cccc(n3)CN(Cc3cc(C#CC)cc(C(=C)O)n3)CC2)nc(/C(C)=C\C)c1.CC(C)C(C)C. The maximum Gasteiger partial charge on any atom is 0.134 e. The molecule has 50 heavy (non-hydrogen) atoms. The Kier molecular flexibility index (Phi) is 16.1. The molecule has 1 aliphatic heterocycles. The van der Waals surface area contributed by atoms with Gasteiger partial charge in [-0.25, -0.2) is 4.98 Å². The van der Waals surface area contributed by atoms with Crippen LogP contribution in [0.2, 0.25) is 0 Å². The molecule has 1 N–H and O–H groups in total. The van der Waals surface area contributed by atoms with Gasteiger partial charge in [0, 0.05) is 70.0 Å². The normalized spacial score (nSPS) is 14.8. The molecule has 0 saturated heterocycles. The van der Waals surface area contributed by atoms with Crippen molar-refractivity contribution in [1.29, 1.82) is 0 Å². The van der Waals surface area contributed by atoms with Gasteiger partial charge in [0.05, 0.1) is 28.5 Å². The van der Waals surface area contributed by atoms with E-state index in [9.17, 15) is 5.11 Å². The summed E-state index contributed by atoms with van der Waals surface area (Å²) in [6, 6.07) is 14.0. The molecular weight excluding hydrogens is 617 g/mol. The highest BCUT2D eigenvalue weighted by molar-refractivity contribution is 5.62. The molecule has 0 radical (unpaired) electrons. The van der Waals surface area contributed by atoms with Gasteiger partial charge in [-0.2, -0.15) is 0 Å². The molecular formula is C43H56N6O. The first kappa shape index (κ1) is 39.9.